The minimum absolute atomic E-state index is 0.0326. The molecule has 0 saturated heterocycles. The zero-order valence-corrected chi connectivity index (χ0v) is 15.0. The number of hydrogen-bond donors (Lipinski definition) is 2. The molecular weight excluding hydrogens is 374 g/mol. The van der Waals surface area contributed by atoms with E-state index in [1.807, 2.05) is 0 Å². The number of benzene rings is 2. The van der Waals surface area contributed by atoms with E-state index in [1.165, 1.54) is 30.3 Å². The molecule has 0 aliphatic carbocycles. The quantitative estimate of drug-likeness (QED) is 0.680. The number of aromatic nitrogens is 2. The van der Waals surface area contributed by atoms with Gasteiger partial charge in [0.2, 0.25) is 5.95 Å². The van der Waals surface area contributed by atoms with Gasteiger partial charge in [0.1, 0.15) is 17.3 Å². The van der Waals surface area contributed by atoms with E-state index in [-0.39, 0.29) is 23.2 Å². The molecule has 3 rings (SSSR count). The van der Waals surface area contributed by atoms with Gasteiger partial charge in [0.05, 0.1) is 5.02 Å². The number of nitrogens with one attached hydrogen (secondary N) is 2. The number of rotatable bonds is 5. The van der Waals surface area contributed by atoms with Crippen molar-refractivity contribution in [2.75, 3.05) is 5.32 Å². The van der Waals surface area contributed by atoms with Gasteiger partial charge < -0.3 is 10.6 Å². The number of halogens is 3. The molecule has 3 aromatic rings. The topological polar surface area (TPSA) is 66.9 Å². The fourth-order valence-electron chi connectivity index (χ4n) is 2.35. The highest BCUT2D eigenvalue weighted by Gasteiger charge is 2.12. The second-order valence-corrected chi connectivity index (χ2v) is 6.15. The molecule has 0 spiro atoms. The van der Waals surface area contributed by atoms with Gasteiger partial charge in [-0.2, -0.15) is 0 Å². The summed E-state index contributed by atoms with van der Waals surface area (Å²) in [6.07, 6.45) is 0. The molecule has 2 N–H and O–H groups in total. The Morgan fingerprint density at radius 3 is 2.59 bits per heavy atom. The predicted octanol–water partition coefficient (Wildman–Crippen LogP) is 4.39. The lowest BCUT2D eigenvalue weighted by molar-refractivity contribution is 0.0945. The Kier molecular flexibility index (Phi) is 5.61. The van der Waals surface area contributed by atoms with E-state index < -0.39 is 17.5 Å². The number of amides is 1. The van der Waals surface area contributed by atoms with E-state index in [1.54, 1.807) is 25.1 Å². The van der Waals surface area contributed by atoms with Crippen molar-refractivity contribution in [1.29, 1.82) is 0 Å². The first-order valence-electron chi connectivity index (χ1n) is 8.02. The summed E-state index contributed by atoms with van der Waals surface area (Å²) >= 11 is 5.75. The Balaban J connectivity index is 1.75. The van der Waals surface area contributed by atoms with E-state index in [0.717, 1.165) is 0 Å². The molecule has 1 aromatic heterocycles. The Morgan fingerprint density at radius 2 is 1.85 bits per heavy atom. The lowest BCUT2D eigenvalue weighted by Crippen LogP contribution is -2.25. The van der Waals surface area contributed by atoms with Crippen LogP contribution in [0.25, 0.3) is 0 Å². The van der Waals surface area contributed by atoms with Gasteiger partial charge in [0.15, 0.2) is 0 Å². The number of nitrogens with zero attached hydrogens (tertiary/aromatic N) is 2. The third kappa shape index (κ3) is 4.77. The van der Waals surface area contributed by atoms with Crippen molar-refractivity contribution in [3.63, 3.8) is 0 Å². The first-order chi connectivity index (χ1) is 12.9. The van der Waals surface area contributed by atoms with Crippen molar-refractivity contribution >= 4 is 29.1 Å². The average Bonchev–Trinajstić information content (AvgIpc) is 2.63. The monoisotopic (exact) mass is 388 g/mol. The molecule has 1 amide bonds. The predicted molar refractivity (Wildman–Crippen MR) is 99.0 cm³/mol. The standard InChI is InChI=1S/C19H15ClF2N4O/c1-11-8-17(18(27)23-10-12-4-2-3-5-15(12)21)26-19(24-11)25-13-6-7-16(22)14(20)9-13/h2-9H,10H2,1H3,(H,23,27)(H,24,25,26). The highest BCUT2D eigenvalue weighted by atomic mass is 35.5. The second kappa shape index (κ2) is 8.09. The van der Waals surface area contributed by atoms with Gasteiger partial charge in [-0.25, -0.2) is 18.7 Å². The van der Waals surface area contributed by atoms with Crippen molar-refractivity contribution in [3.05, 3.63) is 82.1 Å². The molecule has 0 fully saturated rings. The fourth-order valence-corrected chi connectivity index (χ4v) is 2.53. The van der Waals surface area contributed by atoms with Crippen LogP contribution in [-0.2, 0) is 6.54 Å². The fraction of sp³-hybridized carbons (Fsp3) is 0.105. The molecule has 0 radical (unpaired) electrons. The first kappa shape index (κ1) is 18.7. The molecule has 1 heterocycles. The van der Waals surface area contributed by atoms with Gasteiger partial charge in [-0.1, -0.05) is 29.8 Å². The Labute approximate surface area is 159 Å². The molecule has 0 unspecified atom stereocenters. The van der Waals surface area contributed by atoms with Crippen LogP contribution in [0.1, 0.15) is 21.7 Å². The van der Waals surface area contributed by atoms with Crippen LogP contribution in [0.5, 0.6) is 0 Å². The second-order valence-electron chi connectivity index (χ2n) is 5.75. The molecule has 2 aromatic carbocycles. The maximum Gasteiger partial charge on any atom is 0.270 e. The molecule has 138 valence electrons. The van der Waals surface area contributed by atoms with Crippen LogP contribution in [0.2, 0.25) is 5.02 Å². The van der Waals surface area contributed by atoms with E-state index >= 15 is 0 Å². The number of carbonyl (C=O) groups excluding carboxylic acids is 1. The highest BCUT2D eigenvalue weighted by molar-refractivity contribution is 6.31. The largest absolute Gasteiger partial charge is 0.347 e. The van der Waals surface area contributed by atoms with Crippen LogP contribution in [0.15, 0.2) is 48.5 Å². The molecule has 0 saturated carbocycles. The van der Waals surface area contributed by atoms with Gasteiger partial charge >= 0.3 is 0 Å². The van der Waals surface area contributed by atoms with Gasteiger partial charge in [-0.15, -0.1) is 0 Å². The summed E-state index contributed by atoms with van der Waals surface area (Å²) < 4.78 is 26.9. The molecular formula is C19H15ClF2N4O. The summed E-state index contributed by atoms with van der Waals surface area (Å²) in [6, 6.07) is 11.8. The van der Waals surface area contributed by atoms with Gasteiger partial charge in [-0.3, -0.25) is 4.79 Å². The molecule has 8 heteroatoms. The number of anilines is 2. The third-order valence-corrected chi connectivity index (χ3v) is 3.95. The SMILES string of the molecule is Cc1cc(C(=O)NCc2ccccc2F)nc(Nc2ccc(F)c(Cl)c2)n1. The summed E-state index contributed by atoms with van der Waals surface area (Å²) in [7, 11) is 0. The normalized spacial score (nSPS) is 10.5. The van der Waals surface area contributed by atoms with Gasteiger partial charge in [0, 0.05) is 23.5 Å². The minimum Gasteiger partial charge on any atom is -0.347 e. The zero-order chi connectivity index (χ0) is 19.4. The minimum atomic E-state index is -0.541. The summed E-state index contributed by atoms with van der Waals surface area (Å²) in [4.78, 5) is 20.7. The molecule has 27 heavy (non-hydrogen) atoms. The van der Waals surface area contributed by atoms with E-state index in [2.05, 4.69) is 20.6 Å². The van der Waals surface area contributed by atoms with Crippen molar-refractivity contribution in [2.24, 2.45) is 0 Å². The van der Waals surface area contributed by atoms with E-state index in [0.29, 0.717) is 16.9 Å². The maximum absolute atomic E-state index is 13.6. The Hall–Kier alpha value is -3.06. The first-order valence-corrected chi connectivity index (χ1v) is 8.39. The number of carbonyl (C=O) groups is 1. The van der Waals surface area contributed by atoms with E-state index in [9.17, 15) is 13.6 Å². The average molecular weight is 389 g/mol. The van der Waals surface area contributed by atoms with E-state index in [4.69, 9.17) is 11.6 Å². The Bertz CT molecular complexity index is 997. The lowest BCUT2D eigenvalue weighted by Gasteiger charge is -2.10. The van der Waals surface area contributed by atoms with Crippen LogP contribution in [0.3, 0.4) is 0 Å². The molecule has 0 bridgehead atoms. The Morgan fingerprint density at radius 1 is 1.07 bits per heavy atom. The summed E-state index contributed by atoms with van der Waals surface area (Å²) in [5.74, 6) is -1.24. The van der Waals surface area contributed by atoms with Crippen LogP contribution in [0.4, 0.5) is 20.4 Å². The summed E-state index contributed by atoms with van der Waals surface area (Å²) in [5, 5.41) is 5.46. The molecule has 0 atom stereocenters. The smallest absolute Gasteiger partial charge is 0.270 e. The van der Waals surface area contributed by atoms with Crippen molar-refractivity contribution < 1.29 is 13.6 Å². The molecule has 0 aliphatic rings. The van der Waals surface area contributed by atoms with Crippen molar-refractivity contribution in [1.82, 2.24) is 15.3 Å². The summed E-state index contributed by atoms with van der Waals surface area (Å²) in [5.41, 5.74) is 1.52. The highest BCUT2D eigenvalue weighted by Crippen LogP contribution is 2.21. The van der Waals surface area contributed by atoms with Crippen molar-refractivity contribution in [2.45, 2.75) is 13.5 Å². The third-order valence-electron chi connectivity index (χ3n) is 3.66. The summed E-state index contributed by atoms with van der Waals surface area (Å²) in [6.45, 7) is 1.74. The zero-order valence-electron chi connectivity index (χ0n) is 14.3. The molecule has 0 aliphatic heterocycles. The van der Waals surface area contributed by atoms with Gasteiger partial charge in [-0.05, 0) is 37.3 Å². The van der Waals surface area contributed by atoms with Crippen LogP contribution < -0.4 is 10.6 Å². The lowest BCUT2D eigenvalue weighted by atomic mass is 10.2. The van der Waals surface area contributed by atoms with Crippen LogP contribution in [-0.4, -0.2) is 15.9 Å². The number of aryl methyl sites for hydroxylation is 1. The van der Waals surface area contributed by atoms with Crippen LogP contribution >= 0.6 is 11.6 Å². The maximum atomic E-state index is 13.6. The number of hydrogen-bond acceptors (Lipinski definition) is 4. The van der Waals surface area contributed by atoms with Crippen molar-refractivity contribution in [3.8, 4) is 0 Å². The van der Waals surface area contributed by atoms with Gasteiger partial charge in [0.25, 0.3) is 5.91 Å². The van der Waals surface area contributed by atoms with Crippen LogP contribution in [0, 0.1) is 18.6 Å². The molecule has 5 nitrogen and oxygen atoms in total.